The molecule has 0 atom stereocenters. The summed E-state index contributed by atoms with van der Waals surface area (Å²) in [6.45, 7) is 1.92. The number of nitriles is 1. The molecule has 1 aromatic rings. The van der Waals surface area contributed by atoms with E-state index in [2.05, 4.69) is 23.6 Å². The van der Waals surface area contributed by atoms with Crippen LogP contribution in [0.2, 0.25) is 0 Å². The number of unbranched alkanes of at least 4 members (excludes halogenated alkanes) is 2. The predicted molar refractivity (Wildman–Crippen MR) is 56.6 cm³/mol. The fourth-order valence-electron chi connectivity index (χ4n) is 1.35. The molecule has 14 heavy (non-hydrogen) atoms. The summed E-state index contributed by atoms with van der Waals surface area (Å²) in [6.07, 6.45) is 6.92. The van der Waals surface area contributed by atoms with Crippen molar-refractivity contribution >= 4 is 0 Å². The minimum atomic E-state index is 0.674. The number of rotatable bonds is 6. The Labute approximate surface area is 85.3 Å². The van der Waals surface area contributed by atoms with Crippen LogP contribution in [0.15, 0.2) is 18.5 Å². The van der Waals surface area contributed by atoms with Gasteiger partial charge in [0.2, 0.25) is 0 Å². The van der Waals surface area contributed by atoms with E-state index >= 15 is 0 Å². The lowest BCUT2D eigenvalue weighted by Gasteiger charge is -2.01. The molecule has 1 heterocycles. The first-order valence-corrected chi connectivity index (χ1v) is 5.01. The molecule has 0 aliphatic rings. The third-order valence-corrected chi connectivity index (χ3v) is 2.11. The summed E-state index contributed by atoms with van der Waals surface area (Å²) < 4.78 is 2.05. The minimum absolute atomic E-state index is 0.674. The van der Waals surface area contributed by atoms with Crippen LogP contribution in [0.4, 0.5) is 0 Å². The van der Waals surface area contributed by atoms with Gasteiger partial charge in [-0.2, -0.15) is 5.26 Å². The smallest absolute Gasteiger partial charge is 0.0621 e. The number of hydrogen-bond acceptors (Lipinski definition) is 2. The van der Waals surface area contributed by atoms with Gasteiger partial charge in [0.1, 0.15) is 0 Å². The molecule has 1 aromatic heterocycles. The SMILES string of the molecule is Cn1ccc(CNCCCCC#N)c1. The molecule has 0 amide bonds. The largest absolute Gasteiger partial charge is 0.357 e. The van der Waals surface area contributed by atoms with Crippen LogP contribution in [-0.4, -0.2) is 11.1 Å². The Balaban J connectivity index is 2.02. The minimum Gasteiger partial charge on any atom is -0.357 e. The van der Waals surface area contributed by atoms with Gasteiger partial charge in [-0.05, 0) is 31.0 Å². The lowest BCUT2D eigenvalue weighted by atomic mass is 10.2. The van der Waals surface area contributed by atoms with Crippen LogP contribution in [-0.2, 0) is 13.6 Å². The highest BCUT2D eigenvalue weighted by Gasteiger charge is 1.93. The molecule has 0 radical (unpaired) electrons. The molecule has 0 unspecified atom stereocenters. The maximum absolute atomic E-state index is 8.33. The van der Waals surface area contributed by atoms with Crippen LogP contribution in [0.1, 0.15) is 24.8 Å². The summed E-state index contributed by atoms with van der Waals surface area (Å²) in [5.41, 5.74) is 1.31. The highest BCUT2D eigenvalue weighted by molar-refractivity contribution is 5.09. The van der Waals surface area contributed by atoms with E-state index in [0.717, 1.165) is 25.9 Å². The van der Waals surface area contributed by atoms with E-state index < -0.39 is 0 Å². The second-order valence-electron chi connectivity index (χ2n) is 3.48. The van der Waals surface area contributed by atoms with E-state index in [9.17, 15) is 0 Å². The van der Waals surface area contributed by atoms with E-state index in [1.807, 2.05) is 17.8 Å². The molecule has 0 fully saturated rings. The molecule has 0 aliphatic carbocycles. The molecule has 3 nitrogen and oxygen atoms in total. The van der Waals surface area contributed by atoms with Gasteiger partial charge in [-0.3, -0.25) is 0 Å². The molecule has 1 rings (SSSR count). The quantitative estimate of drug-likeness (QED) is 0.697. The summed E-state index contributed by atoms with van der Waals surface area (Å²) in [4.78, 5) is 0. The Bertz CT molecular complexity index is 296. The molecule has 0 aliphatic heterocycles. The topological polar surface area (TPSA) is 40.8 Å². The maximum atomic E-state index is 8.33. The second kappa shape index (κ2) is 6.22. The Morgan fingerprint density at radius 1 is 1.50 bits per heavy atom. The van der Waals surface area contributed by atoms with E-state index in [-0.39, 0.29) is 0 Å². The summed E-state index contributed by atoms with van der Waals surface area (Å²) in [6, 6.07) is 4.26. The molecular weight excluding hydrogens is 174 g/mol. The number of nitrogens with zero attached hydrogens (tertiary/aromatic N) is 2. The van der Waals surface area contributed by atoms with Crippen molar-refractivity contribution in [1.82, 2.24) is 9.88 Å². The zero-order chi connectivity index (χ0) is 10.2. The summed E-state index contributed by atoms with van der Waals surface area (Å²) >= 11 is 0. The Hall–Kier alpha value is -1.27. The Morgan fingerprint density at radius 3 is 3.00 bits per heavy atom. The highest BCUT2D eigenvalue weighted by Crippen LogP contribution is 1.99. The van der Waals surface area contributed by atoms with Crippen molar-refractivity contribution in [3.8, 4) is 6.07 Å². The van der Waals surface area contributed by atoms with Gasteiger partial charge in [0.05, 0.1) is 6.07 Å². The van der Waals surface area contributed by atoms with Crippen molar-refractivity contribution < 1.29 is 0 Å². The first-order valence-electron chi connectivity index (χ1n) is 5.01. The molecule has 0 saturated carbocycles. The van der Waals surface area contributed by atoms with Gasteiger partial charge in [0.15, 0.2) is 0 Å². The van der Waals surface area contributed by atoms with Crippen LogP contribution in [0, 0.1) is 11.3 Å². The molecule has 3 heteroatoms. The maximum Gasteiger partial charge on any atom is 0.0621 e. The molecule has 76 valence electrons. The van der Waals surface area contributed by atoms with Gasteiger partial charge in [0.25, 0.3) is 0 Å². The van der Waals surface area contributed by atoms with Crippen molar-refractivity contribution in [1.29, 1.82) is 5.26 Å². The van der Waals surface area contributed by atoms with Gasteiger partial charge in [-0.1, -0.05) is 0 Å². The van der Waals surface area contributed by atoms with Crippen molar-refractivity contribution in [2.45, 2.75) is 25.8 Å². The van der Waals surface area contributed by atoms with Gasteiger partial charge in [0, 0.05) is 32.4 Å². The van der Waals surface area contributed by atoms with Gasteiger partial charge >= 0.3 is 0 Å². The van der Waals surface area contributed by atoms with Crippen LogP contribution in [0.5, 0.6) is 0 Å². The van der Waals surface area contributed by atoms with Crippen LogP contribution >= 0.6 is 0 Å². The molecule has 0 saturated heterocycles. The molecule has 0 bridgehead atoms. The first kappa shape index (κ1) is 10.8. The average molecular weight is 191 g/mol. The fourth-order valence-corrected chi connectivity index (χ4v) is 1.35. The van der Waals surface area contributed by atoms with E-state index in [0.29, 0.717) is 6.42 Å². The van der Waals surface area contributed by atoms with Gasteiger partial charge < -0.3 is 9.88 Å². The summed E-state index contributed by atoms with van der Waals surface area (Å²) in [5.74, 6) is 0. The molecule has 0 aromatic carbocycles. The predicted octanol–water partition coefficient (Wildman–Crippen LogP) is 1.81. The molecular formula is C11H17N3. The van der Waals surface area contributed by atoms with Crippen LogP contribution < -0.4 is 5.32 Å². The zero-order valence-corrected chi connectivity index (χ0v) is 8.66. The van der Waals surface area contributed by atoms with Gasteiger partial charge in [-0.25, -0.2) is 0 Å². The average Bonchev–Trinajstić information content (AvgIpc) is 2.58. The molecule has 0 spiro atoms. The normalized spacial score (nSPS) is 10.0. The Kier molecular flexibility index (Phi) is 4.81. The van der Waals surface area contributed by atoms with Crippen molar-refractivity contribution in [3.63, 3.8) is 0 Å². The van der Waals surface area contributed by atoms with E-state index in [1.54, 1.807) is 0 Å². The fraction of sp³-hybridized carbons (Fsp3) is 0.545. The van der Waals surface area contributed by atoms with E-state index in [4.69, 9.17) is 5.26 Å². The third kappa shape index (κ3) is 4.11. The van der Waals surface area contributed by atoms with Gasteiger partial charge in [-0.15, -0.1) is 0 Å². The lowest BCUT2D eigenvalue weighted by molar-refractivity contribution is 0.628. The van der Waals surface area contributed by atoms with E-state index in [1.165, 1.54) is 5.56 Å². The summed E-state index contributed by atoms with van der Waals surface area (Å²) in [5, 5.41) is 11.7. The van der Waals surface area contributed by atoms with Crippen LogP contribution in [0.3, 0.4) is 0 Å². The molecule has 1 N–H and O–H groups in total. The number of aromatic nitrogens is 1. The zero-order valence-electron chi connectivity index (χ0n) is 8.66. The lowest BCUT2D eigenvalue weighted by Crippen LogP contribution is -2.14. The number of aryl methyl sites for hydroxylation is 1. The third-order valence-electron chi connectivity index (χ3n) is 2.11. The highest BCUT2D eigenvalue weighted by atomic mass is 14.9. The summed E-state index contributed by atoms with van der Waals surface area (Å²) in [7, 11) is 2.02. The monoisotopic (exact) mass is 191 g/mol. The number of hydrogen-bond donors (Lipinski definition) is 1. The van der Waals surface area contributed by atoms with Crippen molar-refractivity contribution in [3.05, 3.63) is 24.0 Å². The Morgan fingerprint density at radius 2 is 2.36 bits per heavy atom. The van der Waals surface area contributed by atoms with Crippen LogP contribution in [0.25, 0.3) is 0 Å². The number of nitrogens with one attached hydrogen (secondary N) is 1. The first-order chi connectivity index (χ1) is 6.83. The standard InChI is InChI=1S/C11H17N3/c1-14-8-5-11(10-14)9-13-7-4-2-3-6-12/h5,8,10,13H,2-4,7,9H2,1H3. The van der Waals surface area contributed by atoms with Crippen molar-refractivity contribution in [2.24, 2.45) is 7.05 Å². The van der Waals surface area contributed by atoms with Crippen molar-refractivity contribution in [2.75, 3.05) is 6.54 Å². The second-order valence-corrected chi connectivity index (χ2v) is 3.48.